The summed E-state index contributed by atoms with van der Waals surface area (Å²) in [5.74, 6) is 0.619. The van der Waals surface area contributed by atoms with Gasteiger partial charge in [-0.2, -0.15) is 0 Å². The molecule has 26 heavy (non-hydrogen) atoms. The highest BCUT2D eigenvalue weighted by molar-refractivity contribution is 7.89. The molecule has 0 aromatic heterocycles. The molecule has 2 rings (SSSR count). The molecule has 1 aromatic carbocycles. The Hall–Kier alpha value is -1.67. The Morgan fingerprint density at radius 3 is 2.73 bits per heavy atom. The predicted octanol–water partition coefficient (Wildman–Crippen LogP) is 1.69. The molecule has 1 aliphatic rings. The van der Waals surface area contributed by atoms with Crippen molar-refractivity contribution in [2.75, 3.05) is 38.5 Å². The first-order valence-corrected chi connectivity index (χ1v) is 10.6. The second-order valence-electron chi connectivity index (χ2n) is 7.08. The Morgan fingerprint density at radius 2 is 2.12 bits per heavy atom. The van der Waals surface area contributed by atoms with Gasteiger partial charge in [0.25, 0.3) is 0 Å². The average Bonchev–Trinajstić information content (AvgIpc) is 2.91. The minimum absolute atomic E-state index is 0.239. The first-order valence-electron chi connectivity index (χ1n) is 9.00. The molecule has 0 aliphatic carbocycles. The molecule has 1 heterocycles. The largest absolute Gasteiger partial charge is 0.357 e. The fraction of sp³-hybridized carbons (Fsp3) is 0.611. The first-order chi connectivity index (χ1) is 12.2. The van der Waals surface area contributed by atoms with Crippen molar-refractivity contribution >= 4 is 16.0 Å². The van der Waals surface area contributed by atoms with Crippen LogP contribution in [0, 0.1) is 5.82 Å². The summed E-state index contributed by atoms with van der Waals surface area (Å²) in [6.45, 7) is 8.70. The van der Waals surface area contributed by atoms with Gasteiger partial charge < -0.3 is 10.6 Å². The van der Waals surface area contributed by atoms with E-state index in [1.807, 2.05) is 26.8 Å². The highest BCUT2D eigenvalue weighted by Gasteiger charge is 2.27. The monoisotopic (exact) mass is 384 g/mol. The summed E-state index contributed by atoms with van der Waals surface area (Å²) in [4.78, 5) is 4.60. The van der Waals surface area contributed by atoms with Crippen LogP contribution in [0.4, 0.5) is 4.39 Å². The number of nitrogens with zero attached hydrogens (tertiary/aromatic N) is 2. The second kappa shape index (κ2) is 8.81. The molecule has 1 fully saturated rings. The molecule has 1 saturated heterocycles. The van der Waals surface area contributed by atoms with Crippen LogP contribution in [0.15, 0.2) is 29.3 Å². The van der Waals surface area contributed by atoms with E-state index in [0.717, 1.165) is 5.56 Å². The van der Waals surface area contributed by atoms with Gasteiger partial charge in [0.2, 0.25) is 10.0 Å². The number of sulfonamides is 1. The maximum Gasteiger partial charge on any atom is 0.214 e. The van der Waals surface area contributed by atoms with Crippen molar-refractivity contribution < 1.29 is 12.8 Å². The molecule has 0 unspecified atom stereocenters. The third kappa shape index (κ3) is 5.67. The molecule has 0 radical (unpaired) electrons. The highest BCUT2D eigenvalue weighted by Crippen LogP contribution is 2.24. The van der Waals surface area contributed by atoms with E-state index in [4.69, 9.17) is 0 Å². The number of halogens is 1. The van der Waals surface area contributed by atoms with Gasteiger partial charge in [-0.1, -0.05) is 26.0 Å². The number of hydrogen-bond acceptors (Lipinski definition) is 3. The summed E-state index contributed by atoms with van der Waals surface area (Å²) in [6.07, 6.45) is 0.693. The fourth-order valence-corrected chi connectivity index (χ4v) is 4.39. The van der Waals surface area contributed by atoms with E-state index < -0.39 is 10.0 Å². The molecule has 0 bridgehead atoms. The van der Waals surface area contributed by atoms with Gasteiger partial charge in [-0.25, -0.2) is 17.1 Å². The zero-order valence-electron chi connectivity index (χ0n) is 15.8. The molecular formula is C18H29FN4O2S. The Kier molecular flexibility index (Phi) is 7.00. The number of rotatable bonds is 7. The first kappa shape index (κ1) is 20.6. The minimum atomic E-state index is -3.08. The Labute approximate surface area is 155 Å². The molecule has 0 amide bonds. The number of benzene rings is 1. The predicted molar refractivity (Wildman–Crippen MR) is 103 cm³/mol. The van der Waals surface area contributed by atoms with Crippen molar-refractivity contribution in [3.63, 3.8) is 0 Å². The van der Waals surface area contributed by atoms with Crippen LogP contribution in [-0.2, 0) is 15.4 Å². The van der Waals surface area contributed by atoms with Gasteiger partial charge in [-0.15, -0.1) is 0 Å². The van der Waals surface area contributed by atoms with E-state index in [1.165, 1.54) is 16.4 Å². The number of hydrogen-bond donors (Lipinski definition) is 2. The fourth-order valence-electron chi connectivity index (χ4n) is 2.86. The number of guanidine groups is 1. The lowest BCUT2D eigenvalue weighted by Crippen LogP contribution is -2.42. The van der Waals surface area contributed by atoms with Gasteiger partial charge in [-0.05, 0) is 31.0 Å². The minimum Gasteiger partial charge on any atom is -0.357 e. The van der Waals surface area contributed by atoms with Crippen molar-refractivity contribution in [3.8, 4) is 0 Å². The van der Waals surface area contributed by atoms with E-state index in [-0.39, 0.29) is 17.0 Å². The van der Waals surface area contributed by atoms with Crippen LogP contribution in [0.5, 0.6) is 0 Å². The molecule has 6 nitrogen and oxygen atoms in total. The van der Waals surface area contributed by atoms with Crippen LogP contribution in [0.25, 0.3) is 0 Å². The van der Waals surface area contributed by atoms with Crippen LogP contribution < -0.4 is 10.6 Å². The smallest absolute Gasteiger partial charge is 0.214 e. The van der Waals surface area contributed by atoms with Crippen LogP contribution in [0.1, 0.15) is 32.8 Å². The Bertz CT molecular complexity index is 734. The van der Waals surface area contributed by atoms with Crippen LogP contribution in [0.3, 0.4) is 0 Å². The maximum atomic E-state index is 13.5. The molecule has 0 spiro atoms. The molecule has 1 aliphatic heterocycles. The van der Waals surface area contributed by atoms with Gasteiger partial charge in [0.05, 0.1) is 12.3 Å². The molecule has 1 aromatic rings. The lowest BCUT2D eigenvalue weighted by atomic mass is 9.85. The van der Waals surface area contributed by atoms with E-state index in [0.29, 0.717) is 45.1 Å². The highest BCUT2D eigenvalue weighted by atomic mass is 32.2. The number of aliphatic imine (C=N–C) groups is 1. The molecule has 0 saturated carbocycles. The summed E-state index contributed by atoms with van der Waals surface area (Å²) in [6, 6.07) is 6.57. The SMILES string of the molecule is CCNC(=NCC(C)(C)c1cccc(F)c1)NCCN1CCCS1(=O)=O. The van der Waals surface area contributed by atoms with Crippen molar-refractivity contribution in [1.29, 1.82) is 0 Å². The van der Waals surface area contributed by atoms with E-state index in [2.05, 4.69) is 15.6 Å². The summed E-state index contributed by atoms with van der Waals surface area (Å²) in [5, 5.41) is 6.34. The summed E-state index contributed by atoms with van der Waals surface area (Å²) < 4.78 is 38.6. The van der Waals surface area contributed by atoms with Crippen LogP contribution in [-0.4, -0.2) is 57.2 Å². The van der Waals surface area contributed by atoms with Crippen molar-refractivity contribution in [1.82, 2.24) is 14.9 Å². The van der Waals surface area contributed by atoms with Crippen molar-refractivity contribution in [3.05, 3.63) is 35.6 Å². The lowest BCUT2D eigenvalue weighted by Gasteiger charge is -2.24. The lowest BCUT2D eigenvalue weighted by molar-refractivity contribution is 0.444. The van der Waals surface area contributed by atoms with Gasteiger partial charge in [0.15, 0.2) is 5.96 Å². The van der Waals surface area contributed by atoms with Gasteiger partial charge in [-0.3, -0.25) is 4.99 Å². The zero-order chi connectivity index (χ0) is 19.2. The van der Waals surface area contributed by atoms with Crippen LogP contribution in [0.2, 0.25) is 0 Å². The molecular weight excluding hydrogens is 355 g/mol. The molecule has 2 N–H and O–H groups in total. The Balaban J connectivity index is 1.95. The van der Waals surface area contributed by atoms with Gasteiger partial charge >= 0.3 is 0 Å². The van der Waals surface area contributed by atoms with E-state index >= 15 is 0 Å². The van der Waals surface area contributed by atoms with E-state index in [1.54, 1.807) is 6.07 Å². The summed E-state index contributed by atoms with van der Waals surface area (Å²) in [5.41, 5.74) is 0.572. The molecule has 146 valence electrons. The van der Waals surface area contributed by atoms with Gasteiger partial charge in [0, 0.05) is 31.6 Å². The Morgan fingerprint density at radius 1 is 1.35 bits per heavy atom. The topological polar surface area (TPSA) is 73.8 Å². The number of nitrogens with one attached hydrogen (secondary N) is 2. The second-order valence-corrected chi connectivity index (χ2v) is 9.17. The van der Waals surface area contributed by atoms with E-state index in [9.17, 15) is 12.8 Å². The van der Waals surface area contributed by atoms with Crippen molar-refractivity contribution in [2.24, 2.45) is 4.99 Å². The molecule has 0 atom stereocenters. The normalized spacial score (nSPS) is 18.1. The third-order valence-corrected chi connectivity index (χ3v) is 6.40. The summed E-state index contributed by atoms with van der Waals surface area (Å²) >= 11 is 0. The quantitative estimate of drug-likeness (QED) is 0.554. The average molecular weight is 385 g/mol. The molecule has 8 heteroatoms. The maximum absolute atomic E-state index is 13.5. The zero-order valence-corrected chi connectivity index (χ0v) is 16.6. The van der Waals surface area contributed by atoms with Crippen molar-refractivity contribution in [2.45, 2.75) is 32.6 Å². The van der Waals surface area contributed by atoms with Gasteiger partial charge in [0.1, 0.15) is 5.82 Å². The van der Waals surface area contributed by atoms with Crippen LogP contribution >= 0.6 is 0 Å². The third-order valence-electron chi connectivity index (χ3n) is 4.44. The standard InChI is InChI=1S/C18H29FN4O2S/c1-4-20-17(21-9-11-23-10-6-12-26(23,24)25)22-14-18(2,3)15-7-5-8-16(19)13-15/h5,7-8,13H,4,6,9-12,14H2,1-3H3,(H2,20,21,22). The summed E-state index contributed by atoms with van der Waals surface area (Å²) in [7, 11) is -3.08.